The minimum absolute atomic E-state index is 0.259. The van der Waals surface area contributed by atoms with Gasteiger partial charge in [-0.2, -0.15) is 0 Å². The number of phenolic OH excluding ortho intramolecular Hbond substituents is 1. The topological polar surface area (TPSA) is 20.2 Å². The van der Waals surface area contributed by atoms with E-state index in [9.17, 15) is 5.11 Å². The highest BCUT2D eigenvalue weighted by Crippen LogP contribution is 2.33. The van der Waals surface area contributed by atoms with Gasteiger partial charge in [-0.15, -0.1) is 0 Å². The van der Waals surface area contributed by atoms with Crippen molar-refractivity contribution in [2.45, 2.75) is 19.8 Å². The van der Waals surface area contributed by atoms with Gasteiger partial charge in [0.05, 0.1) is 8.95 Å². The van der Waals surface area contributed by atoms with Crippen LogP contribution in [0.2, 0.25) is 0 Å². The first-order valence-electron chi connectivity index (χ1n) is 5.79. The number of benzene rings is 2. The first kappa shape index (κ1) is 13.6. The van der Waals surface area contributed by atoms with E-state index in [0.717, 1.165) is 21.8 Å². The molecule has 0 radical (unpaired) electrons. The molecule has 0 bridgehead atoms. The van der Waals surface area contributed by atoms with Crippen LogP contribution in [-0.4, -0.2) is 5.11 Å². The summed E-state index contributed by atoms with van der Waals surface area (Å²) in [6, 6.07) is 12.4. The van der Waals surface area contributed by atoms with Gasteiger partial charge in [0.1, 0.15) is 5.75 Å². The van der Waals surface area contributed by atoms with Gasteiger partial charge < -0.3 is 5.11 Å². The van der Waals surface area contributed by atoms with Crippen molar-refractivity contribution in [1.82, 2.24) is 0 Å². The zero-order chi connectivity index (χ0) is 13.1. The van der Waals surface area contributed by atoms with Gasteiger partial charge in [0.2, 0.25) is 0 Å². The second-order valence-electron chi connectivity index (χ2n) is 4.33. The third-order valence-electron chi connectivity index (χ3n) is 3.02. The summed E-state index contributed by atoms with van der Waals surface area (Å²) in [5, 5.41) is 9.67. The molecule has 2 rings (SSSR count). The Bertz CT molecular complexity index is 541. The first-order valence-corrected chi connectivity index (χ1v) is 7.38. The molecule has 0 fully saturated rings. The fraction of sp³-hybridized carbons (Fsp3) is 0.200. The van der Waals surface area contributed by atoms with E-state index in [0.29, 0.717) is 0 Å². The van der Waals surface area contributed by atoms with E-state index in [2.05, 4.69) is 63.0 Å². The molecule has 0 heterocycles. The van der Waals surface area contributed by atoms with Crippen LogP contribution in [-0.2, 0) is 12.8 Å². The minimum atomic E-state index is 0.259. The van der Waals surface area contributed by atoms with Crippen LogP contribution in [0.15, 0.2) is 45.3 Å². The Morgan fingerprint density at radius 1 is 1.00 bits per heavy atom. The molecule has 0 aromatic heterocycles. The van der Waals surface area contributed by atoms with Crippen LogP contribution in [0.4, 0.5) is 0 Å². The highest BCUT2D eigenvalue weighted by molar-refractivity contribution is 9.11. The maximum atomic E-state index is 9.67. The highest BCUT2D eigenvalue weighted by Gasteiger charge is 2.06. The lowest BCUT2D eigenvalue weighted by Gasteiger charge is -2.08. The first-order chi connectivity index (χ1) is 8.58. The molecule has 3 heteroatoms. The monoisotopic (exact) mass is 368 g/mol. The standard InChI is InChI=1S/C15H14Br2O/c1-10-4-2-3-5-12(10)7-6-11-8-13(16)15(18)14(17)9-11/h2-5,8-9,18H,6-7H2,1H3. The molecule has 18 heavy (non-hydrogen) atoms. The Morgan fingerprint density at radius 3 is 2.22 bits per heavy atom. The summed E-state index contributed by atoms with van der Waals surface area (Å²) in [6.07, 6.45) is 1.97. The van der Waals surface area contributed by atoms with Gasteiger partial charge in [0.15, 0.2) is 0 Å². The maximum absolute atomic E-state index is 9.67. The molecule has 0 amide bonds. The average molecular weight is 370 g/mol. The normalized spacial score (nSPS) is 10.6. The Morgan fingerprint density at radius 2 is 1.61 bits per heavy atom. The van der Waals surface area contributed by atoms with Crippen molar-refractivity contribution in [3.8, 4) is 5.75 Å². The molecule has 2 aromatic carbocycles. The molecule has 1 nitrogen and oxygen atoms in total. The molecule has 0 unspecified atom stereocenters. The van der Waals surface area contributed by atoms with Gasteiger partial charge in [0.25, 0.3) is 0 Å². The van der Waals surface area contributed by atoms with Crippen LogP contribution in [0.3, 0.4) is 0 Å². The van der Waals surface area contributed by atoms with Crippen LogP contribution in [0.1, 0.15) is 16.7 Å². The summed E-state index contributed by atoms with van der Waals surface area (Å²) in [6.45, 7) is 2.14. The second kappa shape index (κ2) is 5.89. The second-order valence-corrected chi connectivity index (χ2v) is 6.04. The number of rotatable bonds is 3. The molecule has 0 saturated carbocycles. The molecule has 0 atom stereocenters. The molecule has 0 spiro atoms. The summed E-state index contributed by atoms with van der Waals surface area (Å²) in [5.74, 6) is 0.259. The summed E-state index contributed by atoms with van der Waals surface area (Å²) in [7, 11) is 0. The highest BCUT2D eigenvalue weighted by atomic mass is 79.9. The summed E-state index contributed by atoms with van der Waals surface area (Å²) in [5.41, 5.74) is 3.90. The van der Waals surface area contributed by atoms with Crippen molar-refractivity contribution < 1.29 is 5.11 Å². The van der Waals surface area contributed by atoms with Crippen molar-refractivity contribution in [3.63, 3.8) is 0 Å². The molecule has 1 N–H and O–H groups in total. The molecular formula is C15H14Br2O. The smallest absolute Gasteiger partial charge is 0.143 e. The number of aryl methyl sites for hydroxylation is 3. The fourth-order valence-corrected chi connectivity index (χ4v) is 3.21. The largest absolute Gasteiger partial charge is 0.506 e. The number of hydrogen-bond acceptors (Lipinski definition) is 1. The van der Waals surface area contributed by atoms with Crippen LogP contribution in [0.5, 0.6) is 5.75 Å². The van der Waals surface area contributed by atoms with E-state index in [1.54, 1.807) is 0 Å². The van der Waals surface area contributed by atoms with Crippen LogP contribution >= 0.6 is 31.9 Å². The molecule has 94 valence electrons. The third-order valence-corrected chi connectivity index (χ3v) is 4.23. The van der Waals surface area contributed by atoms with E-state index in [1.807, 2.05) is 12.1 Å². The van der Waals surface area contributed by atoms with Crippen molar-refractivity contribution in [1.29, 1.82) is 0 Å². The quantitative estimate of drug-likeness (QED) is 0.806. The van der Waals surface area contributed by atoms with E-state index in [4.69, 9.17) is 0 Å². The molecule has 0 saturated heterocycles. The maximum Gasteiger partial charge on any atom is 0.143 e. The number of hydrogen-bond donors (Lipinski definition) is 1. The van der Waals surface area contributed by atoms with Gasteiger partial charge in [-0.3, -0.25) is 0 Å². The lowest BCUT2D eigenvalue weighted by atomic mass is 10.0. The number of phenols is 1. The van der Waals surface area contributed by atoms with E-state index in [-0.39, 0.29) is 5.75 Å². The Kier molecular flexibility index (Phi) is 4.46. The van der Waals surface area contributed by atoms with Crippen molar-refractivity contribution >= 4 is 31.9 Å². The molecule has 2 aromatic rings. The Balaban J connectivity index is 2.14. The average Bonchev–Trinajstić information content (AvgIpc) is 2.35. The van der Waals surface area contributed by atoms with Gasteiger partial charge in [-0.1, -0.05) is 24.3 Å². The Hall–Kier alpha value is -0.800. The minimum Gasteiger partial charge on any atom is -0.506 e. The summed E-state index contributed by atoms with van der Waals surface area (Å²) in [4.78, 5) is 0. The van der Waals surface area contributed by atoms with Crippen molar-refractivity contribution in [2.75, 3.05) is 0 Å². The Labute approximate surface area is 124 Å². The predicted molar refractivity (Wildman–Crippen MR) is 82.1 cm³/mol. The zero-order valence-corrected chi connectivity index (χ0v) is 13.3. The summed E-state index contributed by atoms with van der Waals surface area (Å²) >= 11 is 6.72. The van der Waals surface area contributed by atoms with Crippen LogP contribution in [0.25, 0.3) is 0 Å². The predicted octanol–water partition coefficient (Wildman–Crippen LogP) is 5.01. The van der Waals surface area contributed by atoms with Crippen molar-refractivity contribution in [2.24, 2.45) is 0 Å². The van der Waals surface area contributed by atoms with Crippen LogP contribution < -0.4 is 0 Å². The molecule has 0 aliphatic carbocycles. The molecule has 0 aliphatic rings. The molecular weight excluding hydrogens is 356 g/mol. The lowest BCUT2D eigenvalue weighted by molar-refractivity contribution is 0.468. The number of aromatic hydroxyl groups is 1. The SMILES string of the molecule is Cc1ccccc1CCc1cc(Br)c(O)c(Br)c1. The molecule has 0 aliphatic heterocycles. The lowest BCUT2D eigenvalue weighted by Crippen LogP contribution is -1.94. The third kappa shape index (κ3) is 3.15. The van der Waals surface area contributed by atoms with Gasteiger partial charge in [0, 0.05) is 0 Å². The summed E-state index contributed by atoms with van der Waals surface area (Å²) < 4.78 is 1.47. The van der Waals surface area contributed by atoms with Crippen LogP contribution in [0, 0.1) is 6.92 Å². The van der Waals surface area contributed by atoms with Gasteiger partial charge in [-0.25, -0.2) is 0 Å². The fourth-order valence-electron chi connectivity index (χ4n) is 1.93. The van der Waals surface area contributed by atoms with Crippen molar-refractivity contribution in [3.05, 3.63) is 62.0 Å². The number of halogens is 2. The van der Waals surface area contributed by atoms with E-state index < -0.39 is 0 Å². The van der Waals surface area contributed by atoms with E-state index in [1.165, 1.54) is 16.7 Å². The van der Waals surface area contributed by atoms with Gasteiger partial charge >= 0.3 is 0 Å². The zero-order valence-electron chi connectivity index (χ0n) is 10.1. The van der Waals surface area contributed by atoms with Gasteiger partial charge in [-0.05, 0) is 80.4 Å². The van der Waals surface area contributed by atoms with E-state index >= 15 is 0 Å².